The van der Waals surface area contributed by atoms with Crippen LogP contribution in [-0.4, -0.2) is 17.0 Å². The van der Waals surface area contributed by atoms with E-state index in [0.717, 1.165) is 37.7 Å². The molecule has 3 rings (SSSR count). The molecule has 2 saturated carbocycles. The molecule has 2 aliphatic rings. The Morgan fingerprint density at radius 3 is 2.45 bits per heavy atom. The van der Waals surface area contributed by atoms with Gasteiger partial charge in [-0.2, -0.15) is 0 Å². The summed E-state index contributed by atoms with van der Waals surface area (Å²) >= 11 is 12.1. The second kappa shape index (κ2) is 5.32. The van der Waals surface area contributed by atoms with Gasteiger partial charge in [-0.1, -0.05) is 35.7 Å². The second-order valence-corrected chi connectivity index (χ2v) is 6.86. The zero-order chi connectivity index (χ0) is 14.3. The molecular weight excluding hydrogens is 295 g/mol. The maximum absolute atomic E-state index is 11.9. The van der Waals surface area contributed by atoms with Crippen molar-refractivity contribution in [1.29, 1.82) is 0 Å². The first-order valence-corrected chi connectivity index (χ1v) is 7.96. The fourth-order valence-electron chi connectivity index (χ4n) is 3.68. The Kier molecular flexibility index (Phi) is 3.83. The van der Waals surface area contributed by atoms with Crippen LogP contribution in [0.3, 0.4) is 0 Å². The van der Waals surface area contributed by atoms with Gasteiger partial charge in [0.05, 0.1) is 16.1 Å². The molecule has 2 atom stereocenters. The third kappa shape index (κ3) is 2.18. The van der Waals surface area contributed by atoms with Crippen molar-refractivity contribution in [2.75, 3.05) is 0 Å². The van der Waals surface area contributed by atoms with Gasteiger partial charge < -0.3 is 5.11 Å². The Morgan fingerprint density at radius 2 is 1.95 bits per heavy atom. The van der Waals surface area contributed by atoms with Crippen molar-refractivity contribution in [2.45, 2.75) is 50.0 Å². The number of ketones is 1. The number of halogens is 2. The van der Waals surface area contributed by atoms with Crippen LogP contribution in [0.15, 0.2) is 18.2 Å². The Labute approximate surface area is 129 Å². The van der Waals surface area contributed by atoms with E-state index in [0.29, 0.717) is 16.5 Å². The molecule has 0 saturated heterocycles. The number of rotatable bonds is 3. The van der Waals surface area contributed by atoms with Crippen LogP contribution in [0, 0.1) is 5.92 Å². The molecule has 1 aromatic rings. The van der Waals surface area contributed by atoms with Crippen molar-refractivity contribution >= 4 is 29.0 Å². The van der Waals surface area contributed by atoms with E-state index in [9.17, 15) is 9.90 Å². The van der Waals surface area contributed by atoms with Gasteiger partial charge in [-0.05, 0) is 43.4 Å². The van der Waals surface area contributed by atoms with Gasteiger partial charge in [0, 0.05) is 17.8 Å². The van der Waals surface area contributed by atoms with Crippen molar-refractivity contribution in [1.82, 2.24) is 0 Å². The molecule has 4 heteroatoms. The Balaban J connectivity index is 1.94. The van der Waals surface area contributed by atoms with Gasteiger partial charge in [0.25, 0.3) is 0 Å². The van der Waals surface area contributed by atoms with Gasteiger partial charge in [-0.3, -0.25) is 4.79 Å². The molecule has 0 radical (unpaired) electrons. The van der Waals surface area contributed by atoms with Crippen LogP contribution in [0.2, 0.25) is 10.0 Å². The Hall–Kier alpha value is -0.570. The van der Waals surface area contributed by atoms with Crippen LogP contribution in [0.25, 0.3) is 0 Å². The summed E-state index contributed by atoms with van der Waals surface area (Å²) in [6.07, 6.45) is 4.63. The largest absolute Gasteiger partial charge is 0.391 e. The minimum absolute atomic E-state index is 0.204. The van der Waals surface area contributed by atoms with E-state index in [1.807, 2.05) is 12.1 Å². The molecule has 0 spiro atoms. The minimum Gasteiger partial charge on any atom is -0.391 e. The first-order valence-electron chi connectivity index (χ1n) is 7.21. The second-order valence-electron chi connectivity index (χ2n) is 6.05. The normalized spacial score (nSPS) is 26.4. The lowest BCUT2D eigenvalue weighted by molar-refractivity contribution is -0.127. The van der Waals surface area contributed by atoms with Crippen molar-refractivity contribution in [3.63, 3.8) is 0 Å². The van der Waals surface area contributed by atoms with E-state index in [-0.39, 0.29) is 17.1 Å². The summed E-state index contributed by atoms with van der Waals surface area (Å²) < 4.78 is 0. The lowest BCUT2D eigenvalue weighted by atomic mass is 9.58. The predicted octanol–water partition coefficient (Wildman–Crippen LogP) is 4.15. The zero-order valence-corrected chi connectivity index (χ0v) is 12.8. The molecule has 0 unspecified atom stereocenters. The minimum atomic E-state index is -0.594. The van der Waals surface area contributed by atoms with Crippen molar-refractivity contribution < 1.29 is 9.90 Å². The number of aliphatic hydroxyl groups excluding tert-OH is 1. The zero-order valence-electron chi connectivity index (χ0n) is 11.2. The van der Waals surface area contributed by atoms with E-state index >= 15 is 0 Å². The number of carbonyl (C=O) groups excluding carboxylic acids is 1. The number of aliphatic hydroxyl groups is 1. The van der Waals surface area contributed by atoms with Crippen molar-refractivity contribution in [3.05, 3.63) is 33.8 Å². The van der Waals surface area contributed by atoms with Crippen LogP contribution in [0.4, 0.5) is 0 Å². The van der Waals surface area contributed by atoms with Crippen LogP contribution < -0.4 is 0 Å². The SMILES string of the molecule is O=C1CCC[C@H]1[C@@H](O)C1(c2ccc(Cl)c(Cl)c2)CCC1. The molecule has 0 amide bonds. The lowest BCUT2D eigenvalue weighted by Gasteiger charge is -2.48. The van der Waals surface area contributed by atoms with Crippen LogP contribution in [-0.2, 0) is 10.2 Å². The first kappa shape index (κ1) is 14.4. The molecule has 0 bridgehead atoms. The molecule has 2 aliphatic carbocycles. The fraction of sp³-hybridized carbons (Fsp3) is 0.562. The highest BCUT2D eigenvalue weighted by atomic mass is 35.5. The number of Topliss-reactive ketones (excluding diaryl/α,β-unsaturated/α-hetero) is 1. The lowest BCUT2D eigenvalue weighted by Crippen LogP contribution is -2.50. The summed E-state index contributed by atoms with van der Waals surface area (Å²) in [5, 5.41) is 11.8. The highest BCUT2D eigenvalue weighted by molar-refractivity contribution is 6.42. The van der Waals surface area contributed by atoms with Gasteiger partial charge in [-0.25, -0.2) is 0 Å². The summed E-state index contributed by atoms with van der Waals surface area (Å²) in [7, 11) is 0. The predicted molar refractivity (Wildman–Crippen MR) is 80.3 cm³/mol. The molecule has 0 aromatic heterocycles. The van der Waals surface area contributed by atoms with Gasteiger partial charge in [-0.15, -0.1) is 0 Å². The van der Waals surface area contributed by atoms with Gasteiger partial charge in [0.2, 0.25) is 0 Å². The van der Waals surface area contributed by atoms with E-state index in [2.05, 4.69) is 0 Å². The van der Waals surface area contributed by atoms with E-state index in [4.69, 9.17) is 23.2 Å². The monoisotopic (exact) mass is 312 g/mol. The smallest absolute Gasteiger partial charge is 0.138 e. The summed E-state index contributed by atoms with van der Waals surface area (Å²) in [6, 6.07) is 5.57. The first-order chi connectivity index (χ1) is 9.54. The average Bonchev–Trinajstić information content (AvgIpc) is 2.78. The molecule has 2 fully saturated rings. The number of benzene rings is 1. The molecule has 1 N–H and O–H groups in total. The molecule has 0 aliphatic heterocycles. The van der Waals surface area contributed by atoms with Crippen molar-refractivity contribution in [2.24, 2.45) is 5.92 Å². The van der Waals surface area contributed by atoms with Gasteiger partial charge >= 0.3 is 0 Å². The summed E-state index contributed by atoms with van der Waals surface area (Å²) in [4.78, 5) is 11.9. The fourth-order valence-corrected chi connectivity index (χ4v) is 3.98. The molecule has 1 aromatic carbocycles. The van der Waals surface area contributed by atoms with Crippen LogP contribution in [0.5, 0.6) is 0 Å². The Bertz CT molecular complexity index is 537. The molecule has 20 heavy (non-hydrogen) atoms. The number of hydrogen-bond donors (Lipinski definition) is 1. The highest BCUT2D eigenvalue weighted by Crippen LogP contribution is 2.50. The van der Waals surface area contributed by atoms with E-state index in [1.54, 1.807) is 6.07 Å². The van der Waals surface area contributed by atoms with Gasteiger partial charge in [0.1, 0.15) is 5.78 Å². The van der Waals surface area contributed by atoms with Crippen LogP contribution >= 0.6 is 23.2 Å². The summed E-state index contributed by atoms with van der Waals surface area (Å²) in [6.45, 7) is 0. The molecular formula is C16H18Cl2O2. The molecule has 0 heterocycles. The molecule has 2 nitrogen and oxygen atoms in total. The topological polar surface area (TPSA) is 37.3 Å². The number of carbonyl (C=O) groups is 1. The maximum Gasteiger partial charge on any atom is 0.138 e. The summed E-state index contributed by atoms with van der Waals surface area (Å²) in [5.41, 5.74) is 0.712. The van der Waals surface area contributed by atoms with Gasteiger partial charge in [0.15, 0.2) is 0 Å². The third-order valence-electron chi connectivity index (χ3n) is 5.04. The summed E-state index contributed by atoms with van der Waals surface area (Å²) in [5.74, 6) is 0.00795. The third-order valence-corrected chi connectivity index (χ3v) is 5.78. The van der Waals surface area contributed by atoms with Crippen LogP contribution in [0.1, 0.15) is 44.1 Å². The Morgan fingerprint density at radius 1 is 1.20 bits per heavy atom. The highest BCUT2D eigenvalue weighted by Gasteiger charge is 2.50. The van der Waals surface area contributed by atoms with E-state index < -0.39 is 6.10 Å². The molecule has 108 valence electrons. The maximum atomic E-state index is 11.9. The van der Waals surface area contributed by atoms with Crippen molar-refractivity contribution in [3.8, 4) is 0 Å². The van der Waals surface area contributed by atoms with E-state index in [1.165, 1.54) is 0 Å². The average molecular weight is 313 g/mol. The number of hydrogen-bond acceptors (Lipinski definition) is 2. The quantitative estimate of drug-likeness (QED) is 0.910. The standard InChI is InChI=1S/C16H18Cl2O2/c17-12-6-5-10(9-13(12)18)16(7-2-8-16)15(20)11-3-1-4-14(11)19/h5-6,9,11,15,20H,1-4,7-8H2/t11-,15-/m1/s1.